The lowest BCUT2D eigenvalue weighted by atomic mass is 10.1. The predicted octanol–water partition coefficient (Wildman–Crippen LogP) is 7.55. The van der Waals surface area contributed by atoms with Crippen LogP contribution in [0.15, 0.2) is 71.8 Å². The van der Waals surface area contributed by atoms with Crippen molar-refractivity contribution in [2.45, 2.75) is 6.54 Å². The molecule has 0 bridgehead atoms. The van der Waals surface area contributed by atoms with Crippen LogP contribution in [0.4, 0.5) is 10.1 Å². The van der Waals surface area contributed by atoms with E-state index in [0.29, 0.717) is 36.3 Å². The quantitative estimate of drug-likeness (QED) is 0.192. The van der Waals surface area contributed by atoms with Gasteiger partial charge in [0.15, 0.2) is 4.32 Å². The van der Waals surface area contributed by atoms with Crippen LogP contribution < -0.4 is 9.64 Å². The van der Waals surface area contributed by atoms with Gasteiger partial charge in [-0.3, -0.25) is 9.69 Å². The van der Waals surface area contributed by atoms with Crippen molar-refractivity contribution in [3.63, 3.8) is 0 Å². The van der Waals surface area contributed by atoms with E-state index in [1.165, 1.54) is 29.8 Å². The van der Waals surface area contributed by atoms with Gasteiger partial charge in [-0.05, 0) is 42.5 Å². The molecule has 0 N–H and O–H groups in total. The van der Waals surface area contributed by atoms with Crippen LogP contribution in [0.5, 0.6) is 5.75 Å². The number of nitrogens with zero attached hydrogens (tertiary/aromatic N) is 2. The third kappa shape index (κ3) is 4.45. The maximum absolute atomic E-state index is 14.5. The van der Waals surface area contributed by atoms with Gasteiger partial charge >= 0.3 is 0 Å². The van der Waals surface area contributed by atoms with E-state index in [1.54, 1.807) is 30.3 Å². The first kappa shape index (κ1) is 23.9. The zero-order valence-corrected chi connectivity index (χ0v) is 21.4. The number of anilines is 1. The van der Waals surface area contributed by atoms with Crippen LogP contribution in [-0.2, 0) is 11.3 Å². The number of rotatable bonds is 5. The molecule has 3 aromatic carbocycles. The second-order valence-electron chi connectivity index (χ2n) is 7.77. The predicted molar refractivity (Wildman–Crippen MR) is 146 cm³/mol. The first-order valence-corrected chi connectivity index (χ1v) is 12.5. The molecule has 1 aliphatic heterocycles. The van der Waals surface area contributed by atoms with E-state index in [9.17, 15) is 9.18 Å². The fourth-order valence-corrected chi connectivity index (χ4v) is 5.77. The Bertz CT molecular complexity index is 1510. The number of benzene rings is 3. The minimum absolute atomic E-state index is 0.241. The van der Waals surface area contributed by atoms with Crippen LogP contribution >= 0.6 is 47.2 Å². The number of hydrogen-bond acceptors (Lipinski definition) is 4. The molecule has 0 saturated carbocycles. The highest BCUT2D eigenvalue weighted by molar-refractivity contribution is 8.27. The Balaban J connectivity index is 1.52. The summed E-state index contributed by atoms with van der Waals surface area (Å²) in [6.07, 6.45) is 3.70. The molecule has 4 nitrogen and oxygen atoms in total. The Labute approximate surface area is 220 Å². The fourth-order valence-electron chi connectivity index (χ4n) is 4.00. The summed E-state index contributed by atoms with van der Waals surface area (Å²) in [5.41, 5.74) is 2.69. The number of thioether (sulfide) groups is 1. The van der Waals surface area contributed by atoms with Crippen LogP contribution in [0.1, 0.15) is 11.1 Å². The van der Waals surface area contributed by atoms with E-state index in [-0.39, 0.29) is 18.3 Å². The van der Waals surface area contributed by atoms with Gasteiger partial charge in [0.25, 0.3) is 5.91 Å². The second kappa shape index (κ2) is 9.66. The average molecular weight is 543 g/mol. The summed E-state index contributed by atoms with van der Waals surface area (Å²) in [4.78, 5) is 15.2. The van der Waals surface area contributed by atoms with Gasteiger partial charge in [-0.2, -0.15) is 0 Å². The van der Waals surface area contributed by atoms with Crippen LogP contribution in [0.2, 0.25) is 10.0 Å². The molecule has 1 aromatic heterocycles. The average Bonchev–Trinajstić information content (AvgIpc) is 3.32. The number of hydrogen-bond donors (Lipinski definition) is 0. The molecule has 1 amide bonds. The van der Waals surface area contributed by atoms with Crippen LogP contribution in [0.3, 0.4) is 0 Å². The number of thiocarbonyl (C=S) groups is 1. The highest BCUT2D eigenvalue weighted by Gasteiger charge is 2.34. The van der Waals surface area contributed by atoms with Crippen molar-refractivity contribution >= 4 is 80.1 Å². The Morgan fingerprint density at radius 2 is 1.89 bits per heavy atom. The van der Waals surface area contributed by atoms with Crippen molar-refractivity contribution in [3.05, 3.63) is 98.8 Å². The highest BCUT2D eigenvalue weighted by Crippen LogP contribution is 2.39. The summed E-state index contributed by atoms with van der Waals surface area (Å²) in [7, 11) is 1.53. The van der Waals surface area contributed by atoms with Crippen molar-refractivity contribution in [2.24, 2.45) is 0 Å². The van der Waals surface area contributed by atoms with Gasteiger partial charge in [-0.15, -0.1) is 0 Å². The third-order valence-electron chi connectivity index (χ3n) is 5.68. The topological polar surface area (TPSA) is 34.5 Å². The fraction of sp³-hybridized carbons (Fsp3) is 0.0769. The van der Waals surface area contributed by atoms with Crippen molar-refractivity contribution in [3.8, 4) is 5.75 Å². The monoisotopic (exact) mass is 542 g/mol. The SMILES string of the molecule is COc1ccc(N2C(=O)/C(=C\c3cn(Cc4c(F)cccc4Cl)c4ccccc34)SC2=S)cc1Cl. The first-order chi connectivity index (χ1) is 16.9. The first-order valence-electron chi connectivity index (χ1n) is 10.5. The molecule has 0 spiro atoms. The summed E-state index contributed by atoms with van der Waals surface area (Å²) in [6, 6.07) is 17.5. The number of para-hydroxylation sites is 1. The highest BCUT2D eigenvalue weighted by atomic mass is 35.5. The minimum Gasteiger partial charge on any atom is -0.495 e. The molecule has 176 valence electrons. The molecular weight excluding hydrogens is 526 g/mol. The number of amides is 1. The van der Waals surface area contributed by atoms with E-state index in [1.807, 2.05) is 41.1 Å². The molecule has 9 heteroatoms. The van der Waals surface area contributed by atoms with E-state index in [0.717, 1.165) is 16.5 Å². The number of aromatic nitrogens is 1. The summed E-state index contributed by atoms with van der Waals surface area (Å²) in [6.45, 7) is 0.255. The van der Waals surface area contributed by atoms with Gasteiger partial charge in [0.05, 0.1) is 29.3 Å². The van der Waals surface area contributed by atoms with E-state index in [2.05, 4.69) is 0 Å². The van der Waals surface area contributed by atoms with Crippen molar-refractivity contribution < 1.29 is 13.9 Å². The second-order valence-corrected chi connectivity index (χ2v) is 10.3. The third-order valence-corrected chi connectivity index (χ3v) is 7.64. The minimum atomic E-state index is -0.365. The van der Waals surface area contributed by atoms with Crippen molar-refractivity contribution in [2.75, 3.05) is 12.0 Å². The molecule has 5 rings (SSSR count). The molecule has 1 aliphatic rings. The van der Waals surface area contributed by atoms with E-state index in [4.69, 9.17) is 40.2 Å². The van der Waals surface area contributed by atoms with Gasteiger partial charge in [0.1, 0.15) is 11.6 Å². The van der Waals surface area contributed by atoms with Crippen molar-refractivity contribution in [1.82, 2.24) is 4.57 Å². The zero-order chi connectivity index (χ0) is 24.7. The standard InChI is InChI=1S/C26H17Cl2FN2O2S2/c1-33-23-10-9-16(12-20(23)28)31-25(32)24(35-26(31)34)11-15-13-30(22-8-3-2-5-17(15)22)14-18-19(27)6-4-7-21(18)29/h2-13H,14H2,1H3/b24-11+. The Kier molecular flexibility index (Phi) is 6.59. The maximum Gasteiger partial charge on any atom is 0.270 e. The summed E-state index contributed by atoms with van der Waals surface area (Å²) in [5, 5.41) is 1.68. The van der Waals surface area contributed by atoms with Gasteiger partial charge in [0.2, 0.25) is 0 Å². The summed E-state index contributed by atoms with van der Waals surface area (Å²) in [5.74, 6) is -0.0924. The summed E-state index contributed by atoms with van der Waals surface area (Å²) < 4.78 is 22.0. The molecule has 2 heterocycles. The number of carbonyl (C=O) groups excluding carboxylic acids is 1. The van der Waals surface area contributed by atoms with Crippen LogP contribution in [0.25, 0.3) is 17.0 Å². The lowest BCUT2D eigenvalue weighted by molar-refractivity contribution is -0.113. The lowest BCUT2D eigenvalue weighted by Crippen LogP contribution is -2.27. The molecule has 4 aromatic rings. The molecule has 1 saturated heterocycles. The normalized spacial score (nSPS) is 15.0. The lowest BCUT2D eigenvalue weighted by Gasteiger charge is -2.15. The number of ether oxygens (including phenoxy) is 1. The number of carbonyl (C=O) groups is 1. The summed E-state index contributed by atoms with van der Waals surface area (Å²) >= 11 is 19.2. The van der Waals surface area contributed by atoms with Crippen LogP contribution in [-0.4, -0.2) is 21.9 Å². The van der Waals surface area contributed by atoms with Gasteiger partial charge in [-0.1, -0.05) is 71.4 Å². The van der Waals surface area contributed by atoms with Gasteiger partial charge < -0.3 is 9.30 Å². The molecule has 0 unspecified atom stereocenters. The largest absolute Gasteiger partial charge is 0.495 e. The Hall–Kier alpha value is -2.84. The smallest absolute Gasteiger partial charge is 0.270 e. The Morgan fingerprint density at radius 1 is 1.09 bits per heavy atom. The van der Waals surface area contributed by atoms with Gasteiger partial charge in [-0.25, -0.2) is 4.39 Å². The zero-order valence-electron chi connectivity index (χ0n) is 18.3. The molecule has 1 fully saturated rings. The van der Waals surface area contributed by atoms with E-state index >= 15 is 0 Å². The molecule has 35 heavy (non-hydrogen) atoms. The molecule has 0 radical (unpaired) electrons. The molecular formula is C26H17Cl2FN2O2S2. The van der Waals surface area contributed by atoms with Crippen molar-refractivity contribution in [1.29, 1.82) is 0 Å². The number of methoxy groups -OCH3 is 1. The number of halogens is 3. The van der Waals surface area contributed by atoms with Gasteiger partial charge in [0, 0.05) is 33.2 Å². The maximum atomic E-state index is 14.5. The Morgan fingerprint density at radius 3 is 2.63 bits per heavy atom. The molecule has 0 atom stereocenters. The molecule has 0 aliphatic carbocycles. The number of fused-ring (bicyclic) bond motifs is 1. The van der Waals surface area contributed by atoms with Crippen LogP contribution in [0, 0.1) is 5.82 Å². The van der Waals surface area contributed by atoms with E-state index < -0.39 is 0 Å².